The van der Waals surface area contributed by atoms with E-state index in [2.05, 4.69) is 12.2 Å². The van der Waals surface area contributed by atoms with E-state index in [1.807, 2.05) is 24.3 Å². The van der Waals surface area contributed by atoms with E-state index in [9.17, 15) is 4.79 Å². The predicted octanol–water partition coefficient (Wildman–Crippen LogP) is 2.97. The predicted molar refractivity (Wildman–Crippen MR) is 84.8 cm³/mol. The Bertz CT molecular complexity index is 480. The molecule has 0 unspecified atom stereocenters. The van der Waals surface area contributed by atoms with Crippen LogP contribution < -0.4 is 5.32 Å². The lowest BCUT2D eigenvalue weighted by Gasteiger charge is -2.19. The first-order valence-electron chi connectivity index (χ1n) is 7.83. The van der Waals surface area contributed by atoms with Crippen LogP contribution in [0.3, 0.4) is 0 Å². The van der Waals surface area contributed by atoms with Gasteiger partial charge < -0.3 is 10.4 Å². The van der Waals surface area contributed by atoms with Crippen molar-refractivity contribution in [2.24, 2.45) is 5.92 Å². The Morgan fingerprint density at radius 2 is 1.86 bits per heavy atom. The number of carbonyl (C=O) groups is 1. The van der Waals surface area contributed by atoms with Gasteiger partial charge in [-0.05, 0) is 49.1 Å². The average Bonchev–Trinajstić information content (AvgIpc) is 2.50. The van der Waals surface area contributed by atoms with Crippen molar-refractivity contribution in [2.45, 2.75) is 45.6 Å². The second kappa shape index (κ2) is 7.99. The summed E-state index contributed by atoms with van der Waals surface area (Å²) in [5, 5.41) is 11.9. The lowest BCUT2D eigenvalue weighted by molar-refractivity contribution is -0.116. The fourth-order valence-electron chi connectivity index (χ4n) is 2.66. The molecule has 1 saturated carbocycles. The summed E-state index contributed by atoms with van der Waals surface area (Å²) in [4.78, 5) is 11.9. The van der Waals surface area contributed by atoms with E-state index in [0.29, 0.717) is 6.54 Å². The van der Waals surface area contributed by atoms with Crippen molar-refractivity contribution in [1.29, 1.82) is 0 Å². The average molecular weight is 287 g/mol. The third-order valence-electron chi connectivity index (χ3n) is 4.17. The summed E-state index contributed by atoms with van der Waals surface area (Å²) >= 11 is 0. The van der Waals surface area contributed by atoms with Gasteiger partial charge >= 0.3 is 0 Å². The van der Waals surface area contributed by atoms with Crippen molar-refractivity contribution in [3.05, 3.63) is 47.0 Å². The zero-order valence-corrected chi connectivity index (χ0v) is 12.8. The zero-order valence-electron chi connectivity index (χ0n) is 12.8. The highest BCUT2D eigenvalue weighted by Crippen LogP contribution is 2.27. The molecule has 0 spiro atoms. The van der Waals surface area contributed by atoms with Crippen LogP contribution in [0.5, 0.6) is 0 Å². The Morgan fingerprint density at radius 3 is 2.48 bits per heavy atom. The normalized spacial score (nSPS) is 18.4. The number of amides is 1. The van der Waals surface area contributed by atoms with Gasteiger partial charge in [0.25, 0.3) is 0 Å². The largest absolute Gasteiger partial charge is 0.392 e. The second-order valence-corrected chi connectivity index (χ2v) is 6.00. The number of aliphatic hydroxyl groups excluding tert-OH is 1. The minimum absolute atomic E-state index is 0.0338. The van der Waals surface area contributed by atoms with Gasteiger partial charge in [-0.15, -0.1) is 0 Å². The minimum atomic E-state index is 0.0338. The lowest BCUT2D eigenvalue weighted by Crippen LogP contribution is -2.24. The molecule has 0 heterocycles. The van der Waals surface area contributed by atoms with Crippen molar-refractivity contribution >= 4 is 5.91 Å². The molecule has 0 radical (unpaired) electrons. The van der Waals surface area contributed by atoms with Crippen LogP contribution in [0.2, 0.25) is 0 Å². The highest BCUT2D eigenvalue weighted by molar-refractivity contribution is 5.88. The molecule has 1 amide bonds. The molecule has 1 aliphatic rings. The maximum Gasteiger partial charge on any atom is 0.243 e. The van der Waals surface area contributed by atoms with Crippen molar-refractivity contribution < 1.29 is 9.90 Å². The Hall–Kier alpha value is -1.61. The SMILES string of the molecule is CC1CCC(=CC(=O)NCCc2ccc(CO)cc2)CC1. The molecular formula is C18H25NO2. The molecule has 3 nitrogen and oxygen atoms in total. The number of allylic oxidation sites excluding steroid dienone is 1. The summed E-state index contributed by atoms with van der Waals surface area (Å²) in [7, 11) is 0. The highest BCUT2D eigenvalue weighted by atomic mass is 16.3. The Labute approximate surface area is 127 Å². The quantitative estimate of drug-likeness (QED) is 0.818. The van der Waals surface area contributed by atoms with Gasteiger partial charge in [-0.25, -0.2) is 0 Å². The van der Waals surface area contributed by atoms with E-state index in [4.69, 9.17) is 5.11 Å². The van der Waals surface area contributed by atoms with Crippen molar-refractivity contribution in [2.75, 3.05) is 6.54 Å². The van der Waals surface area contributed by atoms with Crippen LogP contribution in [-0.4, -0.2) is 17.6 Å². The topological polar surface area (TPSA) is 49.3 Å². The molecule has 0 saturated heterocycles. The number of nitrogens with one attached hydrogen (secondary N) is 1. The van der Waals surface area contributed by atoms with Gasteiger partial charge in [0, 0.05) is 12.6 Å². The standard InChI is InChI=1S/C18H25NO2/c1-14-2-4-16(5-3-14)12-18(21)19-11-10-15-6-8-17(13-20)9-7-15/h6-9,12,14,20H,2-5,10-11,13H2,1H3,(H,19,21). The van der Waals surface area contributed by atoms with Crippen LogP contribution in [0.25, 0.3) is 0 Å². The summed E-state index contributed by atoms with van der Waals surface area (Å²) < 4.78 is 0. The van der Waals surface area contributed by atoms with Crippen LogP contribution in [0.4, 0.5) is 0 Å². The third kappa shape index (κ3) is 5.35. The van der Waals surface area contributed by atoms with E-state index >= 15 is 0 Å². The first kappa shape index (κ1) is 15.8. The van der Waals surface area contributed by atoms with Crippen molar-refractivity contribution in [1.82, 2.24) is 5.32 Å². The molecule has 0 aromatic heterocycles. The van der Waals surface area contributed by atoms with Gasteiger partial charge in [-0.1, -0.05) is 36.8 Å². The van der Waals surface area contributed by atoms with Crippen LogP contribution in [0.1, 0.15) is 43.7 Å². The van der Waals surface area contributed by atoms with E-state index < -0.39 is 0 Å². The lowest BCUT2D eigenvalue weighted by atomic mass is 9.87. The molecule has 1 aromatic rings. The molecule has 1 fully saturated rings. The minimum Gasteiger partial charge on any atom is -0.392 e. The third-order valence-corrected chi connectivity index (χ3v) is 4.17. The van der Waals surface area contributed by atoms with Gasteiger partial charge in [0.1, 0.15) is 0 Å². The van der Waals surface area contributed by atoms with E-state index in [-0.39, 0.29) is 12.5 Å². The summed E-state index contributed by atoms with van der Waals surface area (Å²) in [6, 6.07) is 7.84. The van der Waals surface area contributed by atoms with Crippen molar-refractivity contribution in [3.8, 4) is 0 Å². The molecule has 1 aromatic carbocycles. The van der Waals surface area contributed by atoms with Crippen LogP contribution >= 0.6 is 0 Å². The summed E-state index contributed by atoms with van der Waals surface area (Å²) in [6.07, 6.45) is 7.15. The summed E-state index contributed by atoms with van der Waals surface area (Å²) in [6.45, 7) is 3.00. The Morgan fingerprint density at radius 1 is 1.24 bits per heavy atom. The molecule has 2 N–H and O–H groups in total. The van der Waals surface area contributed by atoms with Crippen LogP contribution in [0.15, 0.2) is 35.9 Å². The summed E-state index contributed by atoms with van der Waals surface area (Å²) in [5.74, 6) is 0.832. The smallest absolute Gasteiger partial charge is 0.243 e. The molecule has 0 atom stereocenters. The number of carbonyl (C=O) groups excluding carboxylic acids is 1. The summed E-state index contributed by atoms with van der Waals surface area (Å²) in [5.41, 5.74) is 3.38. The zero-order chi connectivity index (χ0) is 15.1. The Kier molecular flexibility index (Phi) is 6.00. The molecule has 114 valence electrons. The van der Waals surface area contributed by atoms with Gasteiger partial charge in [0.15, 0.2) is 0 Å². The fraction of sp³-hybridized carbons (Fsp3) is 0.500. The van der Waals surface area contributed by atoms with Gasteiger partial charge in [-0.2, -0.15) is 0 Å². The monoisotopic (exact) mass is 287 g/mol. The first-order chi connectivity index (χ1) is 10.2. The maximum absolute atomic E-state index is 11.9. The number of benzene rings is 1. The van der Waals surface area contributed by atoms with E-state index in [0.717, 1.165) is 30.7 Å². The Balaban J connectivity index is 1.72. The number of rotatable bonds is 5. The molecule has 21 heavy (non-hydrogen) atoms. The molecule has 0 aliphatic heterocycles. The van der Waals surface area contributed by atoms with Gasteiger partial charge in [0.05, 0.1) is 6.61 Å². The molecular weight excluding hydrogens is 262 g/mol. The van der Waals surface area contributed by atoms with Crippen molar-refractivity contribution in [3.63, 3.8) is 0 Å². The second-order valence-electron chi connectivity index (χ2n) is 6.00. The van der Waals surface area contributed by atoms with Gasteiger partial charge in [0.2, 0.25) is 5.91 Å². The molecule has 2 rings (SSSR count). The highest BCUT2D eigenvalue weighted by Gasteiger charge is 2.12. The molecule has 0 bridgehead atoms. The number of hydrogen-bond donors (Lipinski definition) is 2. The van der Waals surface area contributed by atoms with Crippen LogP contribution in [0, 0.1) is 5.92 Å². The fourth-order valence-corrected chi connectivity index (χ4v) is 2.66. The molecule has 1 aliphatic carbocycles. The van der Waals surface area contributed by atoms with Crippen LogP contribution in [-0.2, 0) is 17.8 Å². The van der Waals surface area contributed by atoms with E-state index in [1.165, 1.54) is 24.0 Å². The van der Waals surface area contributed by atoms with Gasteiger partial charge in [-0.3, -0.25) is 4.79 Å². The first-order valence-corrected chi connectivity index (χ1v) is 7.83. The maximum atomic E-state index is 11.9. The van der Waals surface area contributed by atoms with E-state index in [1.54, 1.807) is 6.08 Å². The number of hydrogen-bond acceptors (Lipinski definition) is 2. The molecule has 3 heteroatoms. The number of aliphatic hydroxyl groups is 1.